The maximum absolute atomic E-state index is 12.6. The second kappa shape index (κ2) is 9.21. The van der Waals surface area contributed by atoms with E-state index in [-0.39, 0.29) is 5.91 Å². The Kier molecular flexibility index (Phi) is 6.23. The largest absolute Gasteiger partial charge is 0.497 e. The van der Waals surface area contributed by atoms with Crippen molar-refractivity contribution in [1.29, 1.82) is 0 Å². The van der Waals surface area contributed by atoms with Crippen molar-refractivity contribution >= 4 is 11.6 Å². The number of nitrogens with one attached hydrogen (secondary N) is 1. The highest BCUT2D eigenvalue weighted by Gasteiger charge is 2.26. The molecule has 5 heteroatoms. The average Bonchev–Trinajstić information content (AvgIpc) is 2.77. The van der Waals surface area contributed by atoms with Crippen LogP contribution in [0.2, 0.25) is 0 Å². The molecule has 2 aromatic rings. The number of anilines is 1. The molecule has 1 aliphatic heterocycles. The lowest BCUT2D eigenvalue weighted by atomic mass is 9.87. The minimum absolute atomic E-state index is 0.0600. The summed E-state index contributed by atoms with van der Waals surface area (Å²) in [5.74, 6) is 2.23. The molecule has 2 aliphatic rings. The van der Waals surface area contributed by atoms with Crippen LogP contribution in [0.15, 0.2) is 42.5 Å². The summed E-state index contributed by atoms with van der Waals surface area (Å²) >= 11 is 0. The first-order chi connectivity index (χ1) is 14.2. The standard InChI is InChI=1S/C24H30N2O3/c1-28-20-10-5-9-19(15-20)16-26-17-25-24(27)23-21(26)11-6-12-22(23)29-14-13-18-7-3-2-4-8-18/h5-6,9-12,15,18H,2-4,7-8,13-14,16-17H2,1H3,(H,25,27). The molecule has 1 saturated carbocycles. The molecule has 0 atom stereocenters. The lowest BCUT2D eigenvalue weighted by Gasteiger charge is -2.32. The van der Waals surface area contributed by atoms with Crippen LogP contribution in [0.4, 0.5) is 5.69 Å². The van der Waals surface area contributed by atoms with Gasteiger partial charge in [-0.1, -0.05) is 50.3 Å². The highest BCUT2D eigenvalue weighted by molar-refractivity contribution is 6.04. The average molecular weight is 395 g/mol. The first kappa shape index (κ1) is 19.6. The third kappa shape index (κ3) is 4.66. The topological polar surface area (TPSA) is 50.8 Å². The maximum Gasteiger partial charge on any atom is 0.258 e. The van der Waals surface area contributed by atoms with Gasteiger partial charge in [0.15, 0.2) is 0 Å². The summed E-state index contributed by atoms with van der Waals surface area (Å²) < 4.78 is 11.4. The van der Waals surface area contributed by atoms with Crippen molar-refractivity contribution in [2.45, 2.75) is 45.1 Å². The number of fused-ring (bicyclic) bond motifs is 1. The Morgan fingerprint density at radius 3 is 2.76 bits per heavy atom. The van der Waals surface area contributed by atoms with Crippen LogP contribution >= 0.6 is 0 Å². The van der Waals surface area contributed by atoms with Crippen molar-refractivity contribution < 1.29 is 14.3 Å². The maximum atomic E-state index is 12.6. The molecule has 1 aliphatic carbocycles. The van der Waals surface area contributed by atoms with Gasteiger partial charge in [0, 0.05) is 6.54 Å². The molecule has 0 bridgehead atoms. The Morgan fingerprint density at radius 1 is 1.10 bits per heavy atom. The third-order valence-electron chi connectivity index (χ3n) is 6.02. The van der Waals surface area contributed by atoms with Crippen LogP contribution in [-0.2, 0) is 6.54 Å². The predicted octanol–water partition coefficient (Wildman–Crippen LogP) is 4.75. The second-order valence-electron chi connectivity index (χ2n) is 8.00. The van der Waals surface area contributed by atoms with Crippen LogP contribution in [0, 0.1) is 5.92 Å². The number of methoxy groups -OCH3 is 1. The number of hydrogen-bond acceptors (Lipinski definition) is 4. The van der Waals surface area contributed by atoms with Gasteiger partial charge in [-0.3, -0.25) is 4.79 Å². The zero-order valence-electron chi connectivity index (χ0n) is 17.2. The summed E-state index contributed by atoms with van der Waals surface area (Å²) in [5, 5.41) is 2.99. The lowest BCUT2D eigenvalue weighted by molar-refractivity contribution is 0.0942. The van der Waals surface area contributed by atoms with E-state index in [0.29, 0.717) is 31.1 Å². The number of rotatable bonds is 7. The first-order valence-corrected chi connectivity index (χ1v) is 10.7. The molecule has 0 radical (unpaired) electrons. The van der Waals surface area contributed by atoms with Crippen molar-refractivity contribution in [3.05, 3.63) is 53.6 Å². The number of benzene rings is 2. The smallest absolute Gasteiger partial charge is 0.258 e. The van der Waals surface area contributed by atoms with E-state index in [4.69, 9.17) is 9.47 Å². The van der Waals surface area contributed by atoms with Gasteiger partial charge in [-0.2, -0.15) is 0 Å². The number of amides is 1. The van der Waals surface area contributed by atoms with Gasteiger partial charge in [0.2, 0.25) is 0 Å². The van der Waals surface area contributed by atoms with Gasteiger partial charge in [-0.25, -0.2) is 0 Å². The Morgan fingerprint density at radius 2 is 1.93 bits per heavy atom. The van der Waals surface area contributed by atoms with Crippen LogP contribution in [0.25, 0.3) is 0 Å². The van der Waals surface area contributed by atoms with Gasteiger partial charge in [-0.15, -0.1) is 0 Å². The van der Waals surface area contributed by atoms with Gasteiger partial charge < -0.3 is 19.7 Å². The summed E-state index contributed by atoms with van der Waals surface area (Å²) in [5.41, 5.74) is 2.70. The SMILES string of the molecule is COc1cccc(CN2CNC(=O)c3c(OCCC4CCCCC4)cccc32)c1. The van der Waals surface area contributed by atoms with E-state index in [1.54, 1.807) is 7.11 Å². The fraction of sp³-hybridized carbons (Fsp3) is 0.458. The molecule has 0 unspecified atom stereocenters. The molecular weight excluding hydrogens is 364 g/mol. The Balaban J connectivity index is 1.48. The summed E-state index contributed by atoms with van der Waals surface area (Å²) in [6.45, 7) is 1.84. The van der Waals surface area contributed by atoms with E-state index in [1.165, 1.54) is 32.1 Å². The van der Waals surface area contributed by atoms with Crippen molar-refractivity contribution in [1.82, 2.24) is 5.32 Å². The molecule has 0 spiro atoms. The highest BCUT2D eigenvalue weighted by Crippen LogP contribution is 2.33. The monoisotopic (exact) mass is 394 g/mol. The van der Waals surface area contributed by atoms with Gasteiger partial charge in [0.05, 0.1) is 26.1 Å². The van der Waals surface area contributed by atoms with Crippen LogP contribution in [0.3, 0.4) is 0 Å². The fourth-order valence-electron chi connectivity index (χ4n) is 4.42. The molecule has 0 aromatic heterocycles. The van der Waals surface area contributed by atoms with E-state index < -0.39 is 0 Å². The molecule has 1 amide bonds. The van der Waals surface area contributed by atoms with Crippen LogP contribution in [0.5, 0.6) is 11.5 Å². The fourth-order valence-corrected chi connectivity index (χ4v) is 4.42. The summed E-state index contributed by atoms with van der Waals surface area (Å²) in [6.07, 6.45) is 7.74. The summed E-state index contributed by atoms with van der Waals surface area (Å²) in [6, 6.07) is 13.9. The van der Waals surface area contributed by atoms with E-state index >= 15 is 0 Å². The first-order valence-electron chi connectivity index (χ1n) is 10.7. The molecule has 1 fully saturated rings. The molecule has 0 saturated heterocycles. The Labute approximate surface area is 173 Å². The number of carbonyl (C=O) groups excluding carboxylic acids is 1. The molecular formula is C24H30N2O3. The summed E-state index contributed by atoms with van der Waals surface area (Å²) in [7, 11) is 1.67. The second-order valence-corrected chi connectivity index (χ2v) is 8.00. The normalized spacial score (nSPS) is 16.9. The number of ether oxygens (including phenoxy) is 2. The third-order valence-corrected chi connectivity index (χ3v) is 6.02. The molecule has 29 heavy (non-hydrogen) atoms. The minimum Gasteiger partial charge on any atom is -0.497 e. The summed E-state index contributed by atoms with van der Waals surface area (Å²) in [4.78, 5) is 14.8. The van der Waals surface area contributed by atoms with Crippen molar-refractivity contribution in [3.63, 3.8) is 0 Å². The van der Waals surface area contributed by atoms with Crippen molar-refractivity contribution in [2.75, 3.05) is 25.3 Å². The van der Waals surface area contributed by atoms with E-state index in [2.05, 4.69) is 16.3 Å². The van der Waals surface area contributed by atoms with Gasteiger partial charge >= 0.3 is 0 Å². The zero-order valence-corrected chi connectivity index (χ0v) is 17.2. The number of nitrogens with zero attached hydrogens (tertiary/aromatic N) is 1. The molecule has 1 heterocycles. The lowest BCUT2D eigenvalue weighted by Crippen LogP contribution is -2.43. The quantitative estimate of drug-likeness (QED) is 0.736. The van der Waals surface area contributed by atoms with Gasteiger partial charge in [0.25, 0.3) is 5.91 Å². The Hall–Kier alpha value is -2.69. The van der Waals surface area contributed by atoms with Crippen molar-refractivity contribution in [2.24, 2.45) is 5.92 Å². The minimum atomic E-state index is -0.0600. The molecule has 2 aromatic carbocycles. The van der Waals surface area contributed by atoms with E-state index in [1.807, 2.05) is 36.4 Å². The molecule has 154 valence electrons. The van der Waals surface area contributed by atoms with Crippen molar-refractivity contribution in [3.8, 4) is 11.5 Å². The number of hydrogen-bond donors (Lipinski definition) is 1. The van der Waals surface area contributed by atoms with Crippen LogP contribution < -0.4 is 19.7 Å². The molecule has 4 rings (SSSR count). The molecule has 1 N–H and O–H groups in total. The van der Waals surface area contributed by atoms with E-state index in [0.717, 1.165) is 29.3 Å². The zero-order chi connectivity index (χ0) is 20.1. The highest BCUT2D eigenvalue weighted by atomic mass is 16.5. The van der Waals surface area contributed by atoms with E-state index in [9.17, 15) is 4.79 Å². The Bertz CT molecular complexity index is 846. The molecule has 5 nitrogen and oxygen atoms in total. The van der Waals surface area contributed by atoms with Crippen LogP contribution in [-0.4, -0.2) is 26.3 Å². The van der Waals surface area contributed by atoms with Gasteiger partial charge in [-0.05, 0) is 42.2 Å². The van der Waals surface area contributed by atoms with Crippen LogP contribution in [0.1, 0.15) is 54.4 Å². The predicted molar refractivity (Wildman–Crippen MR) is 115 cm³/mol. The van der Waals surface area contributed by atoms with Gasteiger partial charge in [0.1, 0.15) is 17.1 Å². The number of carbonyl (C=O) groups is 1.